The molecule has 1 aromatic carbocycles. The Kier molecular flexibility index (Phi) is 3.28. The van der Waals surface area contributed by atoms with E-state index in [4.69, 9.17) is 9.47 Å². The van der Waals surface area contributed by atoms with E-state index in [0.29, 0.717) is 11.5 Å². The average Bonchev–Trinajstić information content (AvgIpc) is 2.50. The third-order valence-corrected chi connectivity index (χ3v) is 3.25. The number of nitrogens with zero attached hydrogens (tertiary/aromatic N) is 1. The van der Waals surface area contributed by atoms with Gasteiger partial charge in [-0.05, 0) is 36.3 Å². The maximum atomic E-state index is 12.1. The Morgan fingerprint density at radius 3 is 2.39 bits per heavy atom. The highest BCUT2D eigenvalue weighted by Crippen LogP contribution is 2.36. The van der Waals surface area contributed by atoms with Crippen LogP contribution in [0.3, 0.4) is 0 Å². The first-order valence-corrected chi connectivity index (χ1v) is 5.79. The molecule has 0 aliphatic carbocycles. The van der Waals surface area contributed by atoms with Gasteiger partial charge in [-0.1, -0.05) is 0 Å². The van der Waals surface area contributed by atoms with Crippen LogP contribution < -0.4 is 9.47 Å². The fourth-order valence-electron chi connectivity index (χ4n) is 2.13. The molecule has 4 nitrogen and oxygen atoms in total. The first-order valence-electron chi connectivity index (χ1n) is 5.79. The summed E-state index contributed by atoms with van der Waals surface area (Å²) in [5.74, 6) is 1.19. The molecule has 1 aliphatic rings. The van der Waals surface area contributed by atoms with Gasteiger partial charge in [-0.2, -0.15) is 0 Å². The van der Waals surface area contributed by atoms with Gasteiger partial charge in [0.05, 0.1) is 20.1 Å². The van der Waals surface area contributed by atoms with Crippen molar-refractivity contribution >= 4 is 12.0 Å². The van der Waals surface area contributed by atoms with E-state index in [2.05, 4.69) is 0 Å². The van der Waals surface area contributed by atoms with Crippen molar-refractivity contribution in [1.29, 1.82) is 0 Å². The highest BCUT2D eigenvalue weighted by atomic mass is 16.5. The van der Waals surface area contributed by atoms with E-state index in [-0.39, 0.29) is 11.8 Å². The predicted molar refractivity (Wildman–Crippen MR) is 69.8 cm³/mol. The first-order chi connectivity index (χ1) is 8.58. The molecule has 18 heavy (non-hydrogen) atoms. The second kappa shape index (κ2) is 4.72. The van der Waals surface area contributed by atoms with Gasteiger partial charge in [0.2, 0.25) is 5.91 Å². The quantitative estimate of drug-likeness (QED) is 0.804. The number of ether oxygens (including phenoxy) is 2. The molecule has 0 fully saturated rings. The standard InChI is InChI=1S/C14H17NO3/c1-9-11-8-13(18-4)12(17-3)7-10(11)5-6-15(2)14(9)16/h5-9H,1-4H3/t9-/m1/s1. The number of benzene rings is 1. The van der Waals surface area contributed by atoms with Gasteiger partial charge < -0.3 is 14.4 Å². The fourth-order valence-corrected chi connectivity index (χ4v) is 2.13. The van der Waals surface area contributed by atoms with Gasteiger partial charge in [0.15, 0.2) is 11.5 Å². The molecule has 0 aromatic heterocycles. The number of fused-ring (bicyclic) bond motifs is 1. The van der Waals surface area contributed by atoms with Crippen LogP contribution in [0.5, 0.6) is 11.5 Å². The molecule has 2 rings (SSSR count). The van der Waals surface area contributed by atoms with Crippen molar-refractivity contribution in [1.82, 2.24) is 4.90 Å². The van der Waals surface area contributed by atoms with Gasteiger partial charge in [0.1, 0.15) is 0 Å². The predicted octanol–water partition coefficient (Wildman–Crippen LogP) is 2.25. The molecule has 0 radical (unpaired) electrons. The zero-order chi connectivity index (χ0) is 13.3. The van der Waals surface area contributed by atoms with Gasteiger partial charge in [-0.15, -0.1) is 0 Å². The smallest absolute Gasteiger partial charge is 0.233 e. The summed E-state index contributed by atoms with van der Waals surface area (Å²) in [4.78, 5) is 13.7. The molecule has 1 atom stereocenters. The summed E-state index contributed by atoms with van der Waals surface area (Å²) in [5, 5.41) is 0. The number of methoxy groups -OCH3 is 2. The van der Waals surface area contributed by atoms with Crippen molar-refractivity contribution in [3.63, 3.8) is 0 Å². The minimum atomic E-state index is -0.195. The minimum Gasteiger partial charge on any atom is -0.493 e. The molecule has 96 valence electrons. The molecule has 0 spiro atoms. The largest absolute Gasteiger partial charge is 0.493 e. The Morgan fingerprint density at radius 2 is 1.78 bits per heavy atom. The molecular weight excluding hydrogens is 230 g/mol. The van der Waals surface area contributed by atoms with Gasteiger partial charge in [0, 0.05) is 13.2 Å². The normalized spacial score (nSPS) is 18.3. The monoisotopic (exact) mass is 247 g/mol. The van der Waals surface area contributed by atoms with Crippen molar-refractivity contribution < 1.29 is 14.3 Å². The maximum Gasteiger partial charge on any atom is 0.233 e. The van der Waals surface area contributed by atoms with Gasteiger partial charge in [0.25, 0.3) is 0 Å². The SMILES string of the molecule is COc1cc2c(cc1OC)[C@@H](C)C(=O)N(C)C=C2. The second-order valence-electron chi connectivity index (χ2n) is 4.32. The maximum absolute atomic E-state index is 12.1. The van der Waals surface area contributed by atoms with Crippen LogP contribution in [0.2, 0.25) is 0 Å². The van der Waals surface area contributed by atoms with Crippen LogP contribution in [-0.4, -0.2) is 32.1 Å². The van der Waals surface area contributed by atoms with Crippen molar-refractivity contribution in [2.24, 2.45) is 0 Å². The first kappa shape index (κ1) is 12.5. The molecule has 0 unspecified atom stereocenters. The lowest BCUT2D eigenvalue weighted by atomic mass is 9.95. The molecule has 1 aliphatic heterocycles. The van der Waals surface area contributed by atoms with Gasteiger partial charge in [-0.25, -0.2) is 0 Å². The molecule has 0 saturated carbocycles. The number of likely N-dealkylation sites (N-methyl/N-ethyl adjacent to an activating group) is 1. The summed E-state index contributed by atoms with van der Waals surface area (Å²) < 4.78 is 10.6. The molecule has 1 heterocycles. The minimum absolute atomic E-state index is 0.0669. The zero-order valence-corrected chi connectivity index (χ0v) is 11.1. The number of hydrogen-bond donors (Lipinski definition) is 0. The Morgan fingerprint density at radius 1 is 1.17 bits per heavy atom. The third-order valence-electron chi connectivity index (χ3n) is 3.25. The van der Waals surface area contributed by atoms with Crippen molar-refractivity contribution in [2.75, 3.05) is 21.3 Å². The van der Waals surface area contributed by atoms with E-state index in [1.54, 1.807) is 32.4 Å². The Bertz CT molecular complexity index is 508. The van der Waals surface area contributed by atoms with Crippen LogP contribution in [0.15, 0.2) is 18.3 Å². The lowest BCUT2D eigenvalue weighted by Crippen LogP contribution is -2.24. The zero-order valence-electron chi connectivity index (χ0n) is 11.1. The summed E-state index contributed by atoms with van der Waals surface area (Å²) in [6.45, 7) is 1.90. The van der Waals surface area contributed by atoms with Crippen LogP contribution in [0.4, 0.5) is 0 Å². The van der Waals surface area contributed by atoms with E-state index < -0.39 is 0 Å². The number of amides is 1. The molecule has 1 amide bonds. The number of hydrogen-bond acceptors (Lipinski definition) is 3. The Labute approximate surface area is 107 Å². The van der Waals surface area contributed by atoms with Crippen LogP contribution >= 0.6 is 0 Å². The van der Waals surface area contributed by atoms with Crippen LogP contribution in [-0.2, 0) is 4.79 Å². The number of carbonyl (C=O) groups excluding carboxylic acids is 1. The molecule has 0 saturated heterocycles. The molecule has 4 heteroatoms. The van der Waals surface area contributed by atoms with E-state index >= 15 is 0 Å². The number of carbonyl (C=O) groups is 1. The third kappa shape index (κ3) is 1.94. The van der Waals surface area contributed by atoms with Crippen molar-refractivity contribution in [3.8, 4) is 11.5 Å². The highest BCUT2D eigenvalue weighted by molar-refractivity contribution is 5.87. The van der Waals surface area contributed by atoms with E-state index in [1.807, 2.05) is 25.1 Å². The summed E-state index contributed by atoms with van der Waals surface area (Å²) in [6, 6.07) is 3.77. The van der Waals surface area contributed by atoms with Gasteiger partial charge in [-0.3, -0.25) is 4.79 Å². The summed E-state index contributed by atoms with van der Waals surface area (Å²) in [5.41, 5.74) is 1.94. The molecule has 0 N–H and O–H groups in total. The van der Waals surface area contributed by atoms with E-state index in [1.165, 1.54) is 0 Å². The number of rotatable bonds is 2. The van der Waals surface area contributed by atoms with E-state index in [9.17, 15) is 4.79 Å². The molecule has 0 bridgehead atoms. The highest BCUT2D eigenvalue weighted by Gasteiger charge is 2.24. The van der Waals surface area contributed by atoms with Crippen LogP contribution in [0.1, 0.15) is 24.0 Å². The lowest BCUT2D eigenvalue weighted by molar-refractivity contribution is -0.128. The van der Waals surface area contributed by atoms with Crippen molar-refractivity contribution in [2.45, 2.75) is 12.8 Å². The van der Waals surface area contributed by atoms with Crippen molar-refractivity contribution in [3.05, 3.63) is 29.5 Å². The summed E-state index contributed by atoms with van der Waals surface area (Å²) >= 11 is 0. The van der Waals surface area contributed by atoms with Crippen LogP contribution in [0.25, 0.3) is 6.08 Å². The Balaban J connectivity index is 2.59. The fraction of sp³-hybridized carbons (Fsp3) is 0.357. The summed E-state index contributed by atoms with van der Waals surface area (Å²) in [7, 11) is 4.95. The van der Waals surface area contributed by atoms with E-state index in [0.717, 1.165) is 11.1 Å². The molecule has 1 aromatic rings. The average molecular weight is 247 g/mol. The Hall–Kier alpha value is -1.97. The van der Waals surface area contributed by atoms with Gasteiger partial charge >= 0.3 is 0 Å². The molecular formula is C14H17NO3. The second-order valence-corrected chi connectivity index (χ2v) is 4.32. The topological polar surface area (TPSA) is 38.8 Å². The van der Waals surface area contributed by atoms with Crippen LogP contribution in [0, 0.1) is 0 Å². The lowest BCUT2D eigenvalue weighted by Gasteiger charge is -2.17. The summed E-state index contributed by atoms with van der Waals surface area (Å²) in [6.07, 6.45) is 3.69.